The van der Waals surface area contributed by atoms with Gasteiger partial charge in [-0.3, -0.25) is 39.0 Å². The molecule has 0 spiro atoms. The number of hydrogen-bond donors (Lipinski definition) is 5. The fraction of sp³-hybridized carbons (Fsp3) is 0.455. The highest BCUT2D eigenvalue weighted by molar-refractivity contribution is 6.43. The summed E-state index contributed by atoms with van der Waals surface area (Å²) in [5.41, 5.74) is -0.420. The maximum Gasteiger partial charge on any atom is 0.475 e. The van der Waals surface area contributed by atoms with E-state index in [9.17, 15) is 38.8 Å². The number of amides is 6. The molecule has 6 amide bonds. The minimum atomic E-state index is -1.79. The first-order valence-corrected chi connectivity index (χ1v) is 11.2. The first-order chi connectivity index (χ1) is 16.4. The standard InChI is InChI=1S/C22H27BN4O8/c1-10(2)9-15(23(34)35)25-18(29)11(3)24-19(30)12-5-4-6-13-17(12)22(33)27(21(13)32)14-7-8-16(28)26-20(14)31/h4-6,10-11,14-15,34-35H,7-9H2,1-3H3,(H,24,30)(H,25,29)(H,26,28,31)/t11-,14?,15-/m0/s1. The molecule has 12 nitrogen and oxygen atoms in total. The number of imide groups is 2. The van der Waals surface area contributed by atoms with Crippen LogP contribution in [0.5, 0.6) is 0 Å². The molecule has 5 N–H and O–H groups in total. The summed E-state index contributed by atoms with van der Waals surface area (Å²) in [5, 5.41) is 26.0. The molecule has 1 aromatic rings. The van der Waals surface area contributed by atoms with Crippen molar-refractivity contribution in [3.05, 3.63) is 34.9 Å². The summed E-state index contributed by atoms with van der Waals surface area (Å²) >= 11 is 0. The lowest BCUT2D eigenvalue weighted by Gasteiger charge is -2.27. The summed E-state index contributed by atoms with van der Waals surface area (Å²) in [7, 11) is -1.79. The third kappa shape index (κ3) is 5.41. The molecule has 3 atom stereocenters. The number of hydrogen-bond acceptors (Lipinski definition) is 8. The van der Waals surface area contributed by atoms with E-state index in [4.69, 9.17) is 0 Å². The van der Waals surface area contributed by atoms with Crippen molar-refractivity contribution in [3.63, 3.8) is 0 Å². The molecular weight excluding hydrogens is 459 g/mol. The number of rotatable bonds is 8. The highest BCUT2D eigenvalue weighted by atomic mass is 16.4. The van der Waals surface area contributed by atoms with Crippen LogP contribution in [-0.2, 0) is 14.4 Å². The lowest BCUT2D eigenvalue weighted by atomic mass is 9.75. The summed E-state index contributed by atoms with van der Waals surface area (Å²) in [6.45, 7) is 5.08. The SMILES string of the molecule is CC(C)C[C@H](NC(=O)[C@H](C)NC(=O)c1cccc2c1C(=O)N(C1CCC(=O)NC1=O)C2=O)B(O)O. The van der Waals surface area contributed by atoms with Crippen molar-refractivity contribution in [2.24, 2.45) is 5.92 Å². The van der Waals surface area contributed by atoms with Gasteiger partial charge in [0, 0.05) is 6.42 Å². The molecule has 0 aromatic heterocycles. The molecule has 3 rings (SSSR count). The lowest BCUT2D eigenvalue weighted by Crippen LogP contribution is -2.54. The summed E-state index contributed by atoms with van der Waals surface area (Å²) in [4.78, 5) is 76.0. The first-order valence-electron chi connectivity index (χ1n) is 11.2. The molecule has 1 aromatic carbocycles. The van der Waals surface area contributed by atoms with Gasteiger partial charge in [0.15, 0.2) is 0 Å². The Kier molecular flexibility index (Phi) is 7.71. The van der Waals surface area contributed by atoms with Crippen LogP contribution < -0.4 is 16.0 Å². The quantitative estimate of drug-likeness (QED) is 0.223. The van der Waals surface area contributed by atoms with Gasteiger partial charge in [0.1, 0.15) is 12.1 Å². The summed E-state index contributed by atoms with van der Waals surface area (Å²) in [5.74, 6) is -5.22. The molecule has 186 valence electrons. The predicted octanol–water partition coefficient (Wildman–Crippen LogP) is -1.25. The van der Waals surface area contributed by atoms with E-state index >= 15 is 0 Å². The van der Waals surface area contributed by atoms with Gasteiger partial charge in [0.2, 0.25) is 17.7 Å². The van der Waals surface area contributed by atoms with E-state index in [1.54, 1.807) is 0 Å². The minimum Gasteiger partial charge on any atom is -0.426 e. The number of piperidine rings is 1. The Morgan fingerprint density at radius 1 is 1.11 bits per heavy atom. The van der Waals surface area contributed by atoms with Crippen molar-refractivity contribution in [2.45, 2.75) is 58.1 Å². The van der Waals surface area contributed by atoms with Crippen LogP contribution in [0, 0.1) is 5.92 Å². The average Bonchev–Trinajstić information content (AvgIpc) is 3.03. The van der Waals surface area contributed by atoms with Crippen LogP contribution in [0.2, 0.25) is 0 Å². The topological polar surface area (TPSA) is 182 Å². The molecule has 0 aliphatic carbocycles. The number of nitrogens with one attached hydrogen (secondary N) is 3. The molecule has 1 saturated heterocycles. The van der Waals surface area contributed by atoms with Gasteiger partial charge in [-0.15, -0.1) is 0 Å². The largest absolute Gasteiger partial charge is 0.475 e. The molecule has 0 radical (unpaired) electrons. The Morgan fingerprint density at radius 3 is 2.40 bits per heavy atom. The van der Waals surface area contributed by atoms with Gasteiger partial charge in [-0.1, -0.05) is 19.9 Å². The van der Waals surface area contributed by atoms with Crippen molar-refractivity contribution < 1.29 is 38.8 Å². The van der Waals surface area contributed by atoms with Gasteiger partial charge in [-0.05, 0) is 37.8 Å². The molecule has 2 heterocycles. The number of benzene rings is 1. The highest BCUT2D eigenvalue weighted by Gasteiger charge is 2.46. The van der Waals surface area contributed by atoms with Crippen LogP contribution in [0.15, 0.2) is 18.2 Å². The van der Waals surface area contributed by atoms with Gasteiger partial charge in [-0.2, -0.15) is 0 Å². The lowest BCUT2D eigenvalue weighted by molar-refractivity contribution is -0.136. The third-order valence-electron chi connectivity index (χ3n) is 5.87. The zero-order chi connectivity index (χ0) is 26.0. The average molecular weight is 486 g/mol. The minimum absolute atomic E-state index is 0.0247. The highest BCUT2D eigenvalue weighted by Crippen LogP contribution is 2.30. The van der Waals surface area contributed by atoms with Gasteiger partial charge in [-0.25, -0.2) is 0 Å². The molecule has 1 unspecified atom stereocenters. The van der Waals surface area contributed by atoms with Crippen LogP contribution in [0.4, 0.5) is 0 Å². The Morgan fingerprint density at radius 2 is 1.80 bits per heavy atom. The van der Waals surface area contributed by atoms with Gasteiger partial charge < -0.3 is 20.7 Å². The summed E-state index contributed by atoms with van der Waals surface area (Å²) < 4.78 is 0. The van der Waals surface area contributed by atoms with E-state index in [2.05, 4.69) is 16.0 Å². The van der Waals surface area contributed by atoms with Crippen molar-refractivity contribution >= 4 is 42.6 Å². The monoisotopic (exact) mass is 486 g/mol. The van der Waals surface area contributed by atoms with Crippen molar-refractivity contribution in [1.29, 1.82) is 0 Å². The molecule has 2 aliphatic heterocycles. The normalized spacial score (nSPS) is 19.3. The zero-order valence-electron chi connectivity index (χ0n) is 19.5. The Labute approximate surface area is 201 Å². The van der Waals surface area contributed by atoms with Crippen molar-refractivity contribution in [2.75, 3.05) is 0 Å². The van der Waals surface area contributed by atoms with Gasteiger partial charge in [0.05, 0.1) is 22.6 Å². The second-order valence-corrected chi connectivity index (χ2v) is 9.03. The second kappa shape index (κ2) is 10.4. The van der Waals surface area contributed by atoms with E-state index in [-0.39, 0.29) is 35.4 Å². The third-order valence-corrected chi connectivity index (χ3v) is 5.87. The van der Waals surface area contributed by atoms with E-state index in [1.165, 1.54) is 25.1 Å². The van der Waals surface area contributed by atoms with Crippen molar-refractivity contribution in [1.82, 2.24) is 20.9 Å². The summed E-state index contributed by atoms with van der Waals surface area (Å²) in [6.07, 6.45) is 0.232. The molecule has 13 heteroatoms. The van der Waals surface area contributed by atoms with Crippen LogP contribution in [0.1, 0.15) is 71.1 Å². The Balaban J connectivity index is 1.77. The van der Waals surface area contributed by atoms with Crippen LogP contribution in [0.3, 0.4) is 0 Å². The zero-order valence-corrected chi connectivity index (χ0v) is 19.5. The number of carbonyl (C=O) groups excluding carboxylic acids is 6. The van der Waals surface area contributed by atoms with E-state index in [1.807, 2.05) is 13.8 Å². The Hall–Kier alpha value is -3.58. The fourth-order valence-electron chi connectivity index (χ4n) is 4.11. The van der Waals surface area contributed by atoms with Gasteiger partial charge >= 0.3 is 7.12 Å². The molecule has 2 aliphatic rings. The first kappa shape index (κ1) is 26.0. The van der Waals surface area contributed by atoms with E-state index in [0.29, 0.717) is 6.42 Å². The van der Waals surface area contributed by atoms with Crippen LogP contribution in [-0.4, -0.2) is 75.5 Å². The Bertz CT molecular complexity index is 1090. The second-order valence-electron chi connectivity index (χ2n) is 9.03. The maximum absolute atomic E-state index is 13.1. The molecule has 0 bridgehead atoms. The maximum atomic E-state index is 13.1. The van der Waals surface area contributed by atoms with Crippen molar-refractivity contribution in [3.8, 4) is 0 Å². The fourth-order valence-corrected chi connectivity index (χ4v) is 4.11. The van der Waals surface area contributed by atoms with E-state index in [0.717, 1.165) is 4.90 Å². The molecule has 1 fully saturated rings. The number of carbonyl (C=O) groups is 6. The van der Waals surface area contributed by atoms with Gasteiger partial charge in [0.25, 0.3) is 17.7 Å². The number of fused-ring (bicyclic) bond motifs is 1. The number of nitrogens with zero attached hydrogens (tertiary/aromatic N) is 1. The molecule has 0 saturated carbocycles. The van der Waals surface area contributed by atoms with Crippen LogP contribution in [0.25, 0.3) is 0 Å². The summed E-state index contributed by atoms with van der Waals surface area (Å²) in [6, 6.07) is 1.79. The van der Waals surface area contributed by atoms with Crippen LogP contribution >= 0.6 is 0 Å². The smallest absolute Gasteiger partial charge is 0.426 e. The molecule has 35 heavy (non-hydrogen) atoms. The molecular formula is C22H27BN4O8. The predicted molar refractivity (Wildman–Crippen MR) is 122 cm³/mol. The van der Waals surface area contributed by atoms with E-state index < -0.39 is 60.6 Å².